The van der Waals surface area contributed by atoms with Crippen molar-refractivity contribution in [3.63, 3.8) is 0 Å². The molecule has 7 heteroatoms. The smallest absolute Gasteiger partial charge is 0.229 e. The molecule has 0 atom stereocenters. The van der Waals surface area contributed by atoms with Gasteiger partial charge in [-0.05, 0) is 35.9 Å². The molecule has 1 N–H and O–H groups in total. The highest BCUT2D eigenvalue weighted by Gasteiger charge is 2.11. The van der Waals surface area contributed by atoms with E-state index >= 15 is 0 Å². The Hall–Kier alpha value is -3.74. The van der Waals surface area contributed by atoms with Gasteiger partial charge in [0.2, 0.25) is 5.91 Å². The molecular formula is C19H16N6O. The highest BCUT2D eigenvalue weighted by Crippen LogP contribution is 2.16. The fraction of sp³-hybridized carbons (Fsp3) is 0.0526. The zero-order valence-electron chi connectivity index (χ0n) is 13.9. The van der Waals surface area contributed by atoms with E-state index in [1.54, 1.807) is 52.4 Å². The SMILES string of the molecule is O=C(Cc1cnn(-c2ccccc2)c1)Nc1cccnc1-n1cccn1. The summed E-state index contributed by atoms with van der Waals surface area (Å²) in [6.07, 6.45) is 8.88. The number of aromatic nitrogens is 5. The molecule has 4 aromatic rings. The van der Waals surface area contributed by atoms with Crippen LogP contribution in [0.25, 0.3) is 11.5 Å². The minimum atomic E-state index is -0.140. The maximum atomic E-state index is 12.4. The quantitative estimate of drug-likeness (QED) is 0.604. The van der Waals surface area contributed by atoms with E-state index in [0.717, 1.165) is 11.3 Å². The van der Waals surface area contributed by atoms with Crippen molar-refractivity contribution in [1.29, 1.82) is 0 Å². The lowest BCUT2D eigenvalue weighted by atomic mass is 10.2. The van der Waals surface area contributed by atoms with Crippen molar-refractivity contribution in [2.75, 3.05) is 5.32 Å². The number of nitrogens with one attached hydrogen (secondary N) is 1. The first-order valence-electron chi connectivity index (χ1n) is 8.13. The third-order valence-electron chi connectivity index (χ3n) is 3.80. The van der Waals surface area contributed by atoms with Crippen LogP contribution in [-0.4, -0.2) is 30.5 Å². The summed E-state index contributed by atoms with van der Waals surface area (Å²) in [5, 5.41) is 11.4. The second-order valence-electron chi connectivity index (χ2n) is 5.68. The van der Waals surface area contributed by atoms with Crippen molar-refractivity contribution in [3.8, 4) is 11.5 Å². The lowest BCUT2D eigenvalue weighted by molar-refractivity contribution is -0.115. The molecule has 0 aliphatic heterocycles. The second-order valence-corrected chi connectivity index (χ2v) is 5.68. The third kappa shape index (κ3) is 3.36. The van der Waals surface area contributed by atoms with Crippen LogP contribution >= 0.6 is 0 Å². The standard InChI is InChI=1S/C19H16N6O/c26-18(12-15-13-22-25(14-15)16-6-2-1-3-7-16)23-17-8-4-9-20-19(17)24-11-5-10-21-24/h1-11,13-14H,12H2,(H,23,26). The summed E-state index contributed by atoms with van der Waals surface area (Å²) in [4.78, 5) is 16.7. The van der Waals surface area contributed by atoms with Crippen LogP contribution in [0.15, 0.2) is 79.5 Å². The number of para-hydroxylation sites is 1. The van der Waals surface area contributed by atoms with Crippen molar-refractivity contribution in [3.05, 3.63) is 85.1 Å². The van der Waals surface area contributed by atoms with Crippen LogP contribution in [0.3, 0.4) is 0 Å². The van der Waals surface area contributed by atoms with Gasteiger partial charge in [-0.1, -0.05) is 18.2 Å². The maximum absolute atomic E-state index is 12.4. The molecule has 0 spiro atoms. The third-order valence-corrected chi connectivity index (χ3v) is 3.80. The van der Waals surface area contributed by atoms with Crippen LogP contribution in [-0.2, 0) is 11.2 Å². The van der Waals surface area contributed by atoms with Gasteiger partial charge in [0.15, 0.2) is 5.82 Å². The molecule has 7 nitrogen and oxygen atoms in total. The monoisotopic (exact) mass is 344 g/mol. The predicted octanol–water partition coefficient (Wildman–Crippen LogP) is 2.63. The van der Waals surface area contributed by atoms with Crippen molar-refractivity contribution in [1.82, 2.24) is 24.5 Å². The summed E-state index contributed by atoms with van der Waals surface area (Å²) in [7, 11) is 0. The van der Waals surface area contributed by atoms with Crippen LogP contribution in [0.4, 0.5) is 5.69 Å². The van der Waals surface area contributed by atoms with Gasteiger partial charge < -0.3 is 5.32 Å². The number of nitrogens with zero attached hydrogens (tertiary/aromatic N) is 5. The Kier molecular flexibility index (Phi) is 4.26. The number of carbonyl (C=O) groups excluding carboxylic acids is 1. The lowest BCUT2D eigenvalue weighted by Gasteiger charge is -2.09. The Morgan fingerprint density at radius 1 is 0.962 bits per heavy atom. The van der Waals surface area contributed by atoms with Crippen LogP contribution in [0, 0.1) is 0 Å². The number of rotatable bonds is 5. The Morgan fingerprint density at radius 3 is 2.65 bits per heavy atom. The molecular weight excluding hydrogens is 328 g/mol. The number of pyridine rings is 1. The van der Waals surface area contributed by atoms with Crippen molar-refractivity contribution < 1.29 is 4.79 Å². The highest BCUT2D eigenvalue weighted by molar-refractivity contribution is 5.93. The molecule has 3 heterocycles. The van der Waals surface area contributed by atoms with Gasteiger partial charge in [0.25, 0.3) is 0 Å². The van der Waals surface area contributed by atoms with E-state index in [2.05, 4.69) is 20.5 Å². The Balaban J connectivity index is 1.48. The second kappa shape index (κ2) is 7.02. The first-order chi connectivity index (χ1) is 12.8. The van der Waals surface area contributed by atoms with E-state index in [0.29, 0.717) is 11.5 Å². The van der Waals surface area contributed by atoms with Gasteiger partial charge >= 0.3 is 0 Å². The zero-order valence-corrected chi connectivity index (χ0v) is 13.9. The minimum absolute atomic E-state index is 0.140. The molecule has 0 aliphatic carbocycles. The molecule has 1 amide bonds. The molecule has 4 rings (SSSR count). The van der Waals surface area contributed by atoms with Crippen LogP contribution in [0.2, 0.25) is 0 Å². The molecule has 3 aromatic heterocycles. The molecule has 128 valence electrons. The van der Waals surface area contributed by atoms with Gasteiger partial charge in [-0.25, -0.2) is 14.3 Å². The van der Waals surface area contributed by atoms with E-state index in [9.17, 15) is 4.79 Å². The Morgan fingerprint density at radius 2 is 1.85 bits per heavy atom. The van der Waals surface area contributed by atoms with E-state index in [1.807, 2.05) is 36.5 Å². The first kappa shape index (κ1) is 15.8. The highest BCUT2D eigenvalue weighted by atomic mass is 16.1. The van der Waals surface area contributed by atoms with Gasteiger partial charge in [-0.3, -0.25) is 4.79 Å². The van der Waals surface area contributed by atoms with Gasteiger partial charge in [0.05, 0.1) is 24.0 Å². The van der Waals surface area contributed by atoms with E-state index in [-0.39, 0.29) is 12.3 Å². The van der Waals surface area contributed by atoms with Gasteiger partial charge in [-0.15, -0.1) is 0 Å². The molecule has 1 aromatic carbocycles. The summed E-state index contributed by atoms with van der Waals surface area (Å²) in [6, 6.07) is 15.1. The summed E-state index contributed by atoms with van der Waals surface area (Å²) in [5.74, 6) is 0.435. The minimum Gasteiger partial charge on any atom is -0.323 e. The van der Waals surface area contributed by atoms with E-state index < -0.39 is 0 Å². The van der Waals surface area contributed by atoms with Crippen molar-refractivity contribution in [2.45, 2.75) is 6.42 Å². The number of benzene rings is 1. The zero-order chi connectivity index (χ0) is 17.8. The molecule has 0 bridgehead atoms. The Labute approximate surface area is 149 Å². The fourth-order valence-electron chi connectivity index (χ4n) is 2.62. The van der Waals surface area contributed by atoms with Crippen LogP contribution in [0.1, 0.15) is 5.56 Å². The molecule has 0 radical (unpaired) electrons. The van der Waals surface area contributed by atoms with E-state index in [4.69, 9.17) is 0 Å². The topological polar surface area (TPSA) is 77.6 Å². The van der Waals surface area contributed by atoms with Gasteiger partial charge in [0, 0.05) is 24.8 Å². The molecule has 0 unspecified atom stereocenters. The molecule has 0 fully saturated rings. The average molecular weight is 344 g/mol. The number of amides is 1. The summed E-state index contributed by atoms with van der Waals surface area (Å²) < 4.78 is 3.37. The maximum Gasteiger partial charge on any atom is 0.229 e. The molecule has 26 heavy (non-hydrogen) atoms. The van der Waals surface area contributed by atoms with Crippen molar-refractivity contribution in [2.24, 2.45) is 0 Å². The molecule has 0 aliphatic rings. The normalized spacial score (nSPS) is 10.6. The first-order valence-corrected chi connectivity index (χ1v) is 8.13. The number of carbonyl (C=O) groups is 1. The summed E-state index contributed by atoms with van der Waals surface area (Å²) >= 11 is 0. The van der Waals surface area contributed by atoms with Gasteiger partial charge in [0.1, 0.15) is 0 Å². The Bertz CT molecular complexity index is 1010. The lowest BCUT2D eigenvalue weighted by Crippen LogP contribution is -2.16. The average Bonchev–Trinajstić information content (AvgIpc) is 3.35. The number of hydrogen-bond donors (Lipinski definition) is 1. The largest absolute Gasteiger partial charge is 0.323 e. The van der Waals surface area contributed by atoms with Crippen LogP contribution < -0.4 is 5.32 Å². The summed E-state index contributed by atoms with van der Waals surface area (Å²) in [6.45, 7) is 0. The summed E-state index contributed by atoms with van der Waals surface area (Å²) in [5.41, 5.74) is 2.39. The number of hydrogen-bond acceptors (Lipinski definition) is 4. The molecule has 0 saturated carbocycles. The predicted molar refractivity (Wildman–Crippen MR) is 97.3 cm³/mol. The van der Waals surface area contributed by atoms with Crippen LogP contribution in [0.5, 0.6) is 0 Å². The van der Waals surface area contributed by atoms with E-state index in [1.165, 1.54) is 0 Å². The molecule has 0 saturated heterocycles. The van der Waals surface area contributed by atoms with Gasteiger partial charge in [-0.2, -0.15) is 10.2 Å². The van der Waals surface area contributed by atoms with Crippen molar-refractivity contribution >= 4 is 11.6 Å². The number of anilines is 1. The fourth-order valence-corrected chi connectivity index (χ4v) is 2.62.